The molecule has 0 unspecified atom stereocenters. The third-order valence-electron chi connectivity index (χ3n) is 5.38. The van der Waals surface area contributed by atoms with E-state index < -0.39 is 27.5 Å². The molecule has 0 aliphatic carbocycles. The van der Waals surface area contributed by atoms with E-state index in [0.717, 1.165) is 0 Å². The van der Waals surface area contributed by atoms with Gasteiger partial charge < -0.3 is 14.4 Å². The standard InChI is InChI=1S/C25H22FNO6S/c1-2-32-13-14-33-25(29)17-11-12-23-21(15-17)27(16-18-7-3-5-9-20(18)26)24(28)19-8-4-6-10-22(19)34(23,30)31/h3-12,15H,2,13-14,16H2,1H3. The van der Waals surface area contributed by atoms with E-state index >= 15 is 0 Å². The van der Waals surface area contributed by atoms with Crippen molar-refractivity contribution in [2.45, 2.75) is 23.3 Å². The van der Waals surface area contributed by atoms with Crippen molar-refractivity contribution in [3.63, 3.8) is 0 Å². The molecule has 0 fully saturated rings. The number of nitrogens with zero attached hydrogens (tertiary/aromatic N) is 1. The summed E-state index contributed by atoms with van der Waals surface area (Å²) in [5.41, 5.74) is 0.200. The summed E-state index contributed by atoms with van der Waals surface area (Å²) in [5.74, 6) is -1.85. The van der Waals surface area contributed by atoms with Crippen LogP contribution >= 0.6 is 0 Å². The maximum Gasteiger partial charge on any atom is 0.338 e. The second-order valence-electron chi connectivity index (χ2n) is 7.50. The zero-order valence-corrected chi connectivity index (χ0v) is 19.2. The van der Waals surface area contributed by atoms with Crippen molar-refractivity contribution < 1.29 is 31.9 Å². The number of fused-ring (bicyclic) bond motifs is 2. The molecule has 0 spiro atoms. The lowest BCUT2D eigenvalue weighted by Gasteiger charge is -2.23. The van der Waals surface area contributed by atoms with Crippen molar-refractivity contribution in [3.05, 3.63) is 89.2 Å². The van der Waals surface area contributed by atoms with Gasteiger partial charge in [-0.05, 0) is 43.3 Å². The number of hydrogen-bond donors (Lipinski definition) is 0. The largest absolute Gasteiger partial charge is 0.460 e. The number of hydrogen-bond acceptors (Lipinski definition) is 6. The van der Waals surface area contributed by atoms with Gasteiger partial charge in [0.1, 0.15) is 12.4 Å². The van der Waals surface area contributed by atoms with Gasteiger partial charge in [0.25, 0.3) is 5.91 Å². The second-order valence-corrected chi connectivity index (χ2v) is 9.38. The number of rotatable bonds is 7. The Balaban J connectivity index is 1.83. The summed E-state index contributed by atoms with van der Waals surface area (Å²) >= 11 is 0. The first-order chi connectivity index (χ1) is 16.3. The van der Waals surface area contributed by atoms with Crippen molar-refractivity contribution in [3.8, 4) is 0 Å². The summed E-state index contributed by atoms with van der Waals surface area (Å²) in [6.45, 7) is 2.29. The predicted octanol–water partition coefficient (Wildman–Crippen LogP) is 4.01. The molecule has 0 N–H and O–H groups in total. The van der Waals surface area contributed by atoms with Crippen molar-refractivity contribution in [1.29, 1.82) is 0 Å². The quantitative estimate of drug-likeness (QED) is 0.373. The van der Waals surface area contributed by atoms with Crippen molar-refractivity contribution in [2.75, 3.05) is 24.7 Å². The van der Waals surface area contributed by atoms with Gasteiger partial charge in [-0.1, -0.05) is 30.3 Å². The number of esters is 1. The van der Waals surface area contributed by atoms with Crippen LogP contribution in [0.5, 0.6) is 0 Å². The van der Waals surface area contributed by atoms with Gasteiger partial charge in [-0.15, -0.1) is 0 Å². The van der Waals surface area contributed by atoms with E-state index in [1.54, 1.807) is 12.1 Å². The highest BCUT2D eigenvalue weighted by atomic mass is 32.2. The maximum absolute atomic E-state index is 14.5. The lowest BCUT2D eigenvalue weighted by Crippen LogP contribution is -2.31. The van der Waals surface area contributed by atoms with E-state index in [-0.39, 0.29) is 51.9 Å². The third kappa shape index (κ3) is 4.44. The minimum absolute atomic E-state index is 0.0192. The van der Waals surface area contributed by atoms with Gasteiger partial charge in [0.2, 0.25) is 9.84 Å². The average Bonchev–Trinajstić information content (AvgIpc) is 2.91. The third-order valence-corrected chi connectivity index (χ3v) is 7.24. The van der Waals surface area contributed by atoms with E-state index in [9.17, 15) is 22.4 Å². The first kappa shape index (κ1) is 23.6. The monoisotopic (exact) mass is 483 g/mol. The van der Waals surface area contributed by atoms with E-state index in [0.29, 0.717) is 6.61 Å². The average molecular weight is 484 g/mol. The molecular weight excluding hydrogens is 461 g/mol. The van der Waals surface area contributed by atoms with Crippen LogP contribution in [0.1, 0.15) is 33.2 Å². The normalized spacial score (nSPS) is 14.2. The minimum atomic E-state index is -4.10. The fourth-order valence-corrected chi connectivity index (χ4v) is 5.34. The summed E-state index contributed by atoms with van der Waals surface area (Å²) in [4.78, 5) is 27.0. The Bertz CT molecular complexity index is 1360. The zero-order chi connectivity index (χ0) is 24.3. The molecule has 0 atom stereocenters. The predicted molar refractivity (Wildman–Crippen MR) is 122 cm³/mol. The molecule has 3 aromatic rings. The van der Waals surface area contributed by atoms with Crippen LogP contribution < -0.4 is 4.90 Å². The van der Waals surface area contributed by atoms with Crippen LogP contribution in [0.25, 0.3) is 0 Å². The van der Waals surface area contributed by atoms with Gasteiger partial charge in [0, 0.05) is 12.2 Å². The molecule has 0 aromatic heterocycles. The Morgan fingerprint density at radius 2 is 1.71 bits per heavy atom. The number of carbonyl (C=O) groups excluding carboxylic acids is 2. The lowest BCUT2D eigenvalue weighted by atomic mass is 10.1. The Kier molecular flexibility index (Phi) is 6.76. The number of benzene rings is 3. The molecule has 4 rings (SSSR count). The molecule has 3 aromatic carbocycles. The van der Waals surface area contributed by atoms with Gasteiger partial charge in [0.05, 0.1) is 39.8 Å². The van der Waals surface area contributed by atoms with Gasteiger partial charge in [0.15, 0.2) is 0 Å². The number of amides is 1. The molecule has 34 heavy (non-hydrogen) atoms. The van der Waals surface area contributed by atoms with Crippen LogP contribution in [0.2, 0.25) is 0 Å². The number of anilines is 1. The molecule has 1 heterocycles. The van der Waals surface area contributed by atoms with E-state index in [2.05, 4.69) is 0 Å². The van der Waals surface area contributed by atoms with Gasteiger partial charge in [-0.25, -0.2) is 17.6 Å². The van der Waals surface area contributed by atoms with Gasteiger partial charge in [-0.2, -0.15) is 0 Å². The summed E-state index contributed by atoms with van der Waals surface area (Å²) in [6, 6.07) is 15.7. The van der Waals surface area contributed by atoms with Crippen molar-refractivity contribution >= 4 is 27.4 Å². The molecule has 1 aliphatic rings. The molecular formula is C25H22FNO6S. The summed E-state index contributed by atoms with van der Waals surface area (Å²) in [6.07, 6.45) is 0. The summed E-state index contributed by atoms with van der Waals surface area (Å²) < 4.78 is 51.7. The maximum atomic E-state index is 14.5. The smallest absolute Gasteiger partial charge is 0.338 e. The highest BCUT2D eigenvalue weighted by molar-refractivity contribution is 7.91. The van der Waals surface area contributed by atoms with Crippen LogP contribution in [0.15, 0.2) is 76.5 Å². The van der Waals surface area contributed by atoms with Crippen molar-refractivity contribution in [2.24, 2.45) is 0 Å². The highest BCUT2D eigenvalue weighted by Crippen LogP contribution is 2.38. The molecule has 0 saturated heterocycles. The lowest BCUT2D eigenvalue weighted by molar-refractivity contribution is 0.0335. The molecule has 9 heteroatoms. The SMILES string of the molecule is CCOCCOC(=O)c1ccc2c(c1)N(Cc1ccccc1F)C(=O)c1ccccc1S2(=O)=O. The molecule has 0 bridgehead atoms. The Hall–Kier alpha value is -3.56. The first-order valence-corrected chi connectivity index (χ1v) is 12.1. The molecule has 1 amide bonds. The summed E-state index contributed by atoms with van der Waals surface area (Å²) in [5, 5.41) is 0. The molecule has 0 radical (unpaired) electrons. The van der Waals surface area contributed by atoms with E-state index in [1.165, 1.54) is 59.5 Å². The van der Waals surface area contributed by atoms with Gasteiger partial charge >= 0.3 is 5.97 Å². The number of ether oxygens (including phenoxy) is 2. The van der Waals surface area contributed by atoms with E-state index in [4.69, 9.17) is 9.47 Å². The Labute approximate surface area is 196 Å². The number of halogens is 1. The Morgan fingerprint density at radius 1 is 0.971 bits per heavy atom. The zero-order valence-electron chi connectivity index (χ0n) is 18.4. The van der Waals surface area contributed by atoms with Gasteiger partial charge in [-0.3, -0.25) is 4.79 Å². The second kappa shape index (κ2) is 9.74. The van der Waals surface area contributed by atoms with Crippen LogP contribution in [0, 0.1) is 5.82 Å². The topological polar surface area (TPSA) is 90.0 Å². The first-order valence-electron chi connectivity index (χ1n) is 10.6. The Morgan fingerprint density at radius 3 is 2.47 bits per heavy atom. The highest BCUT2D eigenvalue weighted by Gasteiger charge is 2.36. The fraction of sp³-hybridized carbons (Fsp3) is 0.200. The van der Waals surface area contributed by atoms with Crippen LogP contribution in [-0.2, 0) is 25.9 Å². The molecule has 0 saturated carbocycles. The van der Waals surface area contributed by atoms with Crippen LogP contribution in [-0.4, -0.2) is 40.1 Å². The van der Waals surface area contributed by atoms with Crippen LogP contribution in [0.4, 0.5) is 10.1 Å². The number of carbonyl (C=O) groups is 2. The van der Waals surface area contributed by atoms with Crippen LogP contribution in [0.3, 0.4) is 0 Å². The fourth-order valence-electron chi connectivity index (χ4n) is 3.71. The molecule has 7 nitrogen and oxygen atoms in total. The molecule has 1 aliphatic heterocycles. The van der Waals surface area contributed by atoms with Crippen molar-refractivity contribution in [1.82, 2.24) is 0 Å². The number of sulfone groups is 1. The molecule has 176 valence electrons. The minimum Gasteiger partial charge on any atom is -0.460 e. The van der Waals surface area contributed by atoms with E-state index in [1.807, 2.05) is 6.92 Å². The summed E-state index contributed by atoms with van der Waals surface area (Å²) in [7, 11) is -4.10.